The van der Waals surface area contributed by atoms with E-state index in [1.54, 1.807) is 77.7 Å². The van der Waals surface area contributed by atoms with Gasteiger partial charge in [0.25, 0.3) is 5.91 Å². The minimum absolute atomic E-state index is 0.0807. The van der Waals surface area contributed by atoms with Crippen molar-refractivity contribution in [1.29, 1.82) is 0 Å². The Bertz CT molecular complexity index is 1700. The molecule has 4 amide bonds. The Hall–Kier alpha value is -5.19. The van der Waals surface area contributed by atoms with Crippen molar-refractivity contribution in [3.8, 4) is 11.3 Å². The molecule has 1 aromatic heterocycles. The molecule has 4 aromatic rings. The third-order valence-electron chi connectivity index (χ3n) is 8.03. The van der Waals surface area contributed by atoms with E-state index < -0.39 is 35.8 Å². The summed E-state index contributed by atoms with van der Waals surface area (Å²) in [5.74, 6) is -1.34. The number of carbonyl (C=O) groups is 4. The second-order valence-corrected chi connectivity index (χ2v) is 10.7. The summed E-state index contributed by atoms with van der Waals surface area (Å²) >= 11 is 0. The highest BCUT2D eigenvalue weighted by Gasteiger charge is 2.38. The predicted molar refractivity (Wildman–Crippen MR) is 159 cm³/mol. The van der Waals surface area contributed by atoms with Gasteiger partial charge in [-0.15, -0.1) is 0 Å². The van der Waals surface area contributed by atoms with Crippen LogP contribution in [0.25, 0.3) is 22.2 Å². The number of carboxylic acid groups (broad SMARTS) is 1. The highest BCUT2D eigenvalue weighted by atomic mass is 19.1. The third kappa shape index (κ3) is 5.53. The summed E-state index contributed by atoms with van der Waals surface area (Å²) in [5.41, 5.74) is 3.09. The minimum atomic E-state index is -1.35. The second kappa shape index (κ2) is 11.6. The maximum absolute atomic E-state index is 15.6. The average Bonchev–Trinajstić information content (AvgIpc) is 3.75. The molecule has 0 bridgehead atoms. The number of aromatic amines is 1. The van der Waals surface area contributed by atoms with Gasteiger partial charge in [0.1, 0.15) is 12.1 Å². The zero-order chi connectivity index (χ0) is 30.1. The van der Waals surface area contributed by atoms with Gasteiger partial charge < -0.3 is 30.5 Å². The molecule has 43 heavy (non-hydrogen) atoms. The molecule has 0 radical (unpaired) electrons. The molecule has 11 heteroatoms. The van der Waals surface area contributed by atoms with Crippen LogP contribution in [0.2, 0.25) is 0 Å². The SMILES string of the molecule is O=C(O)N[C@@H](C(=O)N1CCC[C@H]1C(=O)Nc1ccc2[nH]c(-c3ccc(N4CCCC4=O)cc3)c(F)c2c1)c1ccccc1. The first-order valence-corrected chi connectivity index (χ1v) is 14.2. The van der Waals surface area contributed by atoms with Gasteiger partial charge in [0.05, 0.1) is 5.69 Å². The molecule has 2 aliphatic heterocycles. The predicted octanol–water partition coefficient (Wildman–Crippen LogP) is 5.04. The van der Waals surface area contributed by atoms with Crippen molar-refractivity contribution >= 4 is 46.1 Å². The van der Waals surface area contributed by atoms with E-state index in [0.717, 1.165) is 12.1 Å². The van der Waals surface area contributed by atoms with Gasteiger partial charge in [-0.05, 0) is 55.2 Å². The van der Waals surface area contributed by atoms with Crippen LogP contribution in [0.3, 0.4) is 0 Å². The molecule has 0 spiro atoms. The Labute approximate surface area is 246 Å². The van der Waals surface area contributed by atoms with E-state index in [1.165, 1.54) is 4.90 Å². The highest BCUT2D eigenvalue weighted by Crippen LogP contribution is 2.33. The number of hydrogen-bond acceptors (Lipinski definition) is 4. The number of halogens is 1. The first-order chi connectivity index (χ1) is 20.8. The van der Waals surface area contributed by atoms with Crippen molar-refractivity contribution < 1.29 is 28.7 Å². The number of amides is 4. The van der Waals surface area contributed by atoms with E-state index in [0.29, 0.717) is 65.8 Å². The molecule has 10 nitrogen and oxygen atoms in total. The number of aromatic nitrogens is 1. The molecule has 0 unspecified atom stereocenters. The standard InChI is InChI=1S/C32H30FN5O5/c33-27-23-18-21(12-15-24(23)35-28(27)20-10-13-22(14-11-20)37-16-5-9-26(37)39)34-30(40)25-8-4-17-38(25)31(41)29(36-32(42)43)19-6-2-1-3-7-19/h1-3,6-7,10-15,18,25,29,35-36H,4-5,8-9,16-17H2,(H,34,40)(H,42,43)/t25-,29+/m0/s1. The summed E-state index contributed by atoms with van der Waals surface area (Å²) in [4.78, 5) is 56.6. The fraction of sp³-hybridized carbons (Fsp3) is 0.250. The first kappa shape index (κ1) is 28.0. The first-order valence-electron chi connectivity index (χ1n) is 14.2. The maximum Gasteiger partial charge on any atom is 0.405 e. The topological polar surface area (TPSA) is 135 Å². The van der Waals surface area contributed by atoms with Crippen molar-refractivity contribution in [2.75, 3.05) is 23.3 Å². The number of likely N-dealkylation sites (tertiary alicyclic amines) is 1. The van der Waals surface area contributed by atoms with Crippen molar-refractivity contribution in [2.24, 2.45) is 0 Å². The molecule has 0 saturated carbocycles. The van der Waals surface area contributed by atoms with Crippen molar-refractivity contribution in [2.45, 2.75) is 37.8 Å². The van der Waals surface area contributed by atoms with Crippen LogP contribution in [0.1, 0.15) is 37.3 Å². The third-order valence-corrected chi connectivity index (χ3v) is 8.03. The Morgan fingerprint density at radius 2 is 1.74 bits per heavy atom. The van der Waals surface area contributed by atoms with Crippen molar-refractivity contribution in [1.82, 2.24) is 15.2 Å². The molecule has 0 aliphatic carbocycles. The Kier molecular flexibility index (Phi) is 7.54. The molecule has 6 rings (SSSR count). The fourth-order valence-electron chi connectivity index (χ4n) is 5.92. The van der Waals surface area contributed by atoms with Crippen LogP contribution in [0.4, 0.5) is 20.6 Å². The van der Waals surface area contributed by atoms with Crippen LogP contribution < -0.4 is 15.5 Å². The van der Waals surface area contributed by atoms with Crippen LogP contribution >= 0.6 is 0 Å². The minimum Gasteiger partial charge on any atom is -0.465 e. The fourth-order valence-corrected chi connectivity index (χ4v) is 5.92. The molecular weight excluding hydrogens is 553 g/mol. The highest BCUT2D eigenvalue weighted by molar-refractivity contribution is 6.01. The number of nitrogens with one attached hydrogen (secondary N) is 3. The summed E-state index contributed by atoms with van der Waals surface area (Å²) in [5, 5.41) is 14.7. The molecule has 2 fully saturated rings. The van der Waals surface area contributed by atoms with Gasteiger partial charge >= 0.3 is 6.09 Å². The summed E-state index contributed by atoms with van der Waals surface area (Å²) in [7, 11) is 0. The van der Waals surface area contributed by atoms with Gasteiger partial charge in [-0.1, -0.05) is 42.5 Å². The summed E-state index contributed by atoms with van der Waals surface area (Å²) in [6, 6.07) is 18.5. The van der Waals surface area contributed by atoms with Crippen molar-refractivity contribution in [3.05, 3.63) is 84.2 Å². The number of rotatable bonds is 7. The van der Waals surface area contributed by atoms with Crippen LogP contribution in [0.15, 0.2) is 72.8 Å². The molecule has 2 atom stereocenters. The summed E-state index contributed by atoms with van der Waals surface area (Å²) in [6.07, 6.45) is 0.999. The second-order valence-electron chi connectivity index (χ2n) is 10.7. The zero-order valence-electron chi connectivity index (χ0n) is 23.2. The molecule has 2 aliphatic rings. The summed E-state index contributed by atoms with van der Waals surface area (Å²) in [6.45, 7) is 0.980. The molecular formula is C32H30FN5O5. The number of nitrogens with zero attached hydrogens (tertiary/aromatic N) is 2. The maximum atomic E-state index is 15.6. The van der Waals surface area contributed by atoms with Gasteiger partial charge in [0.15, 0.2) is 5.82 Å². The lowest BCUT2D eigenvalue weighted by molar-refractivity contribution is -0.138. The van der Waals surface area contributed by atoms with E-state index in [2.05, 4.69) is 15.6 Å². The normalized spacial score (nSPS) is 17.3. The van der Waals surface area contributed by atoms with Crippen LogP contribution in [-0.4, -0.2) is 57.9 Å². The van der Waals surface area contributed by atoms with Gasteiger partial charge in [-0.3, -0.25) is 14.4 Å². The van der Waals surface area contributed by atoms with Crippen molar-refractivity contribution in [3.63, 3.8) is 0 Å². The van der Waals surface area contributed by atoms with E-state index in [4.69, 9.17) is 0 Å². The van der Waals surface area contributed by atoms with Gasteiger partial charge in [0.2, 0.25) is 11.8 Å². The molecule has 3 aromatic carbocycles. The average molecular weight is 584 g/mol. The zero-order valence-corrected chi connectivity index (χ0v) is 23.2. The Morgan fingerprint density at radius 3 is 2.44 bits per heavy atom. The van der Waals surface area contributed by atoms with Gasteiger partial charge in [-0.2, -0.15) is 0 Å². The van der Waals surface area contributed by atoms with Crippen LogP contribution in [0, 0.1) is 5.82 Å². The quantitative estimate of drug-likeness (QED) is 0.242. The van der Waals surface area contributed by atoms with Crippen LogP contribution in [-0.2, 0) is 14.4 Å². The van der Waals surface area contributed by atoms with E-state index in [9.17, 15) is 24.3 Å². The number of H-pyrrole nitrogens is 1. The van der Waals surface area contributed by atoms with Gasteiger partial charge in [-0.25, -0.2) is 9.18 Å². The van der Waals surface area contributed by atoms with E-state index in [1.807, 2.05) is 0 Å². The lowest BCUT2D eigenvalue weighted by Gasteiger charge is -2.28. The summed E-state index contributed by atoms with van der Waals surface area (Å²) < 4.78 is 15.6. The van der Waals surface area contributed by atoms with E-state index >= 15 is 4.39 Å². The smallest absolute Gasteiger partial charge is 0.405 e. The van der Waals surface area contributed by atoms with Gasteiger partial charge in [0, 0.05) is 47.4 Å². The number of anilines is 2. The number of hydrogen-bond donors (Lipinski definition) is 4. The lowest BCUT2D eigenvalue weighted by Crippen LogP contribution is -2.48. The Morgan fingerprint density at radius 1 is 0.977 bits per heavy atom. The lowest BCUT2D eigenvalue weighted by atomic mass is 10.0. The monoisotopic (exact) mass is 583 g/mol. The molecule has 4 N–H and O–H groups in total. The van der Waals surface area contributed by atoms with E-state index in [-0.39, 0.29) is 5.91 Å². The largest absolute Gasteiger partial charge is 0.465 e. The van der Waals surface area contributed by atoms with Crippen LogP contribution in [0.5, 0.6) is 0 Å². The number of carbonyl (C=O) groups excluding carboxylic acids is 3. The molecule has 220 valence electrons. The molecule has 3 heterocycles. The molecule has 2 saturated heterocycles. The Balaban J connectivity index is 1.19. The number of benzene rings is 3. The number of fused-ring (bicyclic) bond motifs is 1.